The van der Waals surface area contributed by atoms with Crippen LogP contribution in [0.2, 0.25) is 0 Å². The predicted molar refractivity (Wildman–Crippen MR) is 103 cm³/mol. The lowest BCUT2D eigenvalue weighted by molar-refractivity contribution is -0.384. The molecule has 4 rings (SSSR count). The van der Waals surface area contributed by atoms with E-state index >= 15 is 0 Å². The maximum atomic E-state index is 13.1. The number of nitro benzene ring substituents is 1. The standard InChI is InChI=1S/C20H18N2O3S/c1-13-2-4-14(5-3-13)12-21(16-6-7-16)20(23)19-11-15-10-17(22(24)25)8-9-18(15)26-19/h2-5,8-11,16H,6-7,12H2,1H3. The van der Waals surface area contributed by atoms with E-state index in [4.69, 9.17) is 0 Å². The predicted octanol–water partition coefficient (Wildman–Crippen LogP) is 4.92. The van der Waals surface area contributed by atoms with Gasteiger partial charge in [0.2, 0.25) is 0 Å². The Morgan fingerprint density at radius 1 is 1.19 bits per heavy atom. The number of aryl methyl sites for hydroxylation is 1. The number of hydrogen-bond donors (Lipinski definition) is 0. The van der Waals surface area contributed by atoms with Crippen molar-refractivity contribution in [1.29, 1.82) is 0 Å². The van der Waals surface area contributed by atoms with E-state index in [2.05, 4.69) is 24.3 Å². The summed E-state index contributed by atoms with van der Waals surface area (Å²) in [5.41, 5.74) is 2.37. The van der Waals surface area contributed by atoms with Gasteiger partial charge in [0.05, 0.1) is 9.80 Å². The third-order valence-corrected chi connectivity index (χ3v) is 5.75. The van der Waals surface area contributed by atoms with E-state index in [0.717, 1.165) is 28.5 Å². The number of rotatable bonds is 5. The van der Waals surface area contributed by atoms with Crippen molar-refractivity contribution in [2.75, 3.05) is 0 Å². The van der Waals surface area contributed by atoms with Crippen LogP contribution in [-0.4, -0.2) is 21.8 Å². The second kappa shape index (κ2) is 6.53. The molecule has 0 unspecified atom stereocenters. The Morgan fingerprint density at radius 2 is 1.92 bits per heavy atom. The summed E-state index contributed by atoms with van der Waals surface area (Å²) in [7, 11) is 0. The number of nitrogens with zero attached hydrogens (tertiary/aromatic N) is 2. The molecule has 1 heterocycles. The van der Waals surface area contributed by atoms with Gasteiger partial charge in [0.15, 0.2) is 0 Å². The number of non-ortho nitro benzene ring substituents is 1. The van der Waals surface area contributed by atoms with Crippen LogP contribution in [0.3, 0.4) is 0 Å². The lowest BCUT2D eigenvalue weighted by atomic mass is 10.1. The fraction of sp³-hybridized carbons (Fsp3) is 0.250. The Hall–Kier alpha value is -2.73. The first-order valence-corrected chi connectivity index (χ1v) is 9.37. The molecule has 0 aliphatic heterocycles. The van der Waals surface area contributed by atoms with Gasteiger partial charge in [-0.1, -0.05) is 29.8 Å². The molecule has 5 nitrogen and oxygen atoms in total. The van der Waals surface area contributed by atoms with Gasteiger partial charge in [-0.25, -0.2) is 0 Å². The van der Waals surface area contributed by atoms with Crippen LogP contribution in [0.4, 0.5) is 5.69 Å². The van der Waals surface area contributed by atoms with Crippen molar-refractivity contribution < 1.29 is 9.72 Å². The summed E-state index contributed by atoms with van der Waals surface area (Å²) in [6.07, 6.45) is 2.07. The zero-order chi connectivity index (χ0) is 18.3. The lowest BCUT2D eigenvalue weighted by Crippen LogP contribution is -2.32. The Morgan fingerprint density at radius 3 is 2.58 bits per heavy atom. The average molecular weight is 366 g/mol. The number of carbonyl (C=O) groups excluding carboxylic acids is 1. The molecular formula is C20H18N2O3S. The molecule has 0 radical (unpaired) electrons. The molecule has 3 aromatic rings. The molecule has 1 aromatic heterocycles. The third kappa shape index (κ3) is 3.32. The SMILES string of the molecule is Cc1ccc(CN(C(=O)c2cc3cc([N+](=O)[O-])ccc3s2)C2CC2)cc1. The van der Waals surface area contributed by atoms with Crippen LogP contribution in [0.15, 0.2) is 48.5 Å². The van der Waals surface area contributed by atoms with Gasteiger partial charge in [-0.3, -0.25) is 14.9 Å². The molecule has 1 saturated carbocycles. The smallest absolute Gasteiger partial charge is 0.270 e. The molecule has 2 aromatic carbocycles. The van der Waals surface area contributed by atoms with Gasteiger partial charge >= 0.3 is 0 Å². The number of nitro groups is 1. The van der Waals surface area contributed by atoms with Gasteiger partial charge < -0.3 is 4.90 Å². The van der Waals surface area contributed by atoms with E-state index in [0.29, 0.717) is 17.5 Å². The Kier molecular flexibility index (Phi) is 4.20. The Balaban J connectivity index is 1.62. The summed E-state index contributed by atoms with van der Waals surface area (Å²) >= 11 is 1.40. The number of thiophene rings is 1. The maximum Gasteiger partial charge on any atom is 0.270 e. The second-order valence-electron chi connectivity index (χ2n) is 6.74. The van der Waals surface area contributed by atoms with Crippen LogP contribution < -0.4 is 0 Å². The molecule has 26 heavy (non-hydrogen) atoms. The summed E-state index contributed by atoms with van der Waals surface area (Å²) < 4.78 is 0.894. The zero-order valence-electron chi connectivity index (χ0n) is 14.3. The normalized spacial score (nSPS) is 13.7. The van der Waals surface area contributed by atoms with Crippen LogP contribution in [-0.2, 0) is 6.54 Å². The minimum Gasteiger partial charge on any atom is -0.331 e. The highest BCUT2D eigenvalue weighted by Crippen LogP contribution is 2.34. The lowest BCUT2D eigenvalue weighted by Gasteiger charge is -2.22. The van der Waals surface area contributed by atoms with Gasteiger partial charge in [0.25, 0.3) is 11.6 Å². The maximum absolute atomic E-state index is 13.1. The van der Waals surface area contributed by atoms with Crippen molar-refractivity contribution in [3.63, 3.8) is 0 Å². The molecule has 0 N–H and O–H groups in total. The molecule has 6 heteroatoms. The van der Waals surface area contributed by atoms with E-state index in [1.807, 2.05) is 11.8 Å². The fourth-order valence-electron chi connectivity index (χ4n) is 3.03. The summed E-state index contributed by atoms with van der Waals surface area (Å²) in [5.74, 6) is 0.0110. The van der Waals surface area contributed by atoms with Crippen molar-refractivity contribution in [2.45, 2.75) is 32.4 Å². The third-order valence-electron chi connectivity index (χ3n) is 4.64. The first-order chi connectivity index (χ1) is 12.5. The van der Waals surface area contributed by atoms with Crippen LogP contribution in [0, 0.1) is 17.0 Å². The minimum atomic E-state index is -0.410. The van der Waals surface area contributed by atoms with Gasteiger partial charge in [0, 0.05) is 34.8 Å². The van der Waals surface area contributed by atoms with E-state index in [-0.39, 0.29) is 11.6 Å². The highest BCUT2D eigenvalue weighted by molar-refractivity contribution is 7.20. The van der Waals surface area contributed by atoms with Crippen LogP contribution in [0.1, 0.15) is 33.6 Å². The largest absolute Gasteiger partial charge is 0.331 e. The first kappa shape index (κ1) is 16.7. The molecular weight excluding hydrogens is 348 g/mol. The Bertz CT molecular complexity index is 990. The van der Waals surface area contributed by atoms with Gasteiger partial charge in [-0.05, 0) is 37.5 Å². The highest BCUT2D eigenvalue weighted by atomic mass is 32.1. The van der Waals surface area contributed by atoms with Crippen molar-refractivity contribution in [3.8, 4) is 0 Å². The molecule has 1 amide bonds. The second-order valence-corrected chi connectivity index (χ2v) is 7.82. The van der Waals surface area contributed by atoms with Crippen LogP contribution >= 0.6 is 11.3 Å². The molecule has 0 saturated heterocycles. The van der Waals surface area contributed by atoms with Gasteiger partial charge in [0.1, 0.15) is 0 Å². The van der Waals surface area contributed by atoms with Gasteiger partial charge in [-0.15, -0.1) is 11.3 Å². The van der Waals surface area contributed by atoms with Gasteiger partial charge in [-0.2, -0.15) is 0 Å². The number of fused-ring (bicyclic) bond motifs is 1. The average Bonchev–Trinajstić information content (AvgIpc) is 3.38. The highest BCUT2D eigenvalue weighted by Gasteiger charge is 2.33. The van der Waals surface area contributed by atoms with E-state index in [1.54, 1.807) is 12.1 Å². The molecule has 0 atom stereocenters. The number of amides is 1. The minimum absolute atomic E-state index is 0.0110. The van der Waals surface area contributed by atoms with E-state index in [9.17, 15) is 14.9 Å². The van der Waals surface area contributed by atoms with Crippen molar-refractivity contribution in [3.05, 3.63) is 74.6 Å². The summed E-state index contributed by atoms with van der Waals surface area (Å²) in [4.78, 5) is 26.2. The van der Waals surface area contributed by atoms with Crippen molar-refractivity contribution in [2.24, 2.45) is 0 Å². The monoisotopic (exact) mass is 366 g/mol. The van der Waals surface area contributed by atoms with E-state index in [1.165, 1.54) is 29.0 Å². The summed E-state index contributed by atoms with van der Waals surface area (Å²) in [6.45, 7) is 2.64. The zero-order valence-corrected chi connectivity index (χ0v) is 15.2. The van der Waals surface area contributed by atoms with Crippen molar-refractivity contribution in [1.82, 2.24) is 4.90 Å². The molecule has 1 aliphatic carbocycles. The van der Waals surface area contributed by atoms with E-state index < -0.39 is 4.92 Å². The van der Waals surface area contributed by atoms with Crippen molar-refractivity contribution >= 4 is 33.0 Å². The Labute approximate surface area is 155 Å². The summed E-state index contributed by atoms with van der Waals surface area (Å²) in [5, 5.41) is 11.7. The quantitative estimate of drug-likeness (QED) is 0.475. The molecule has 0 bridgehead atoms. The number of benzene rings is 2. The molecule has 1 fully saturated rings. The molecule has 1 aliphatic rings. The topological polar surface area (TPSA) is 63.5 Å². The number of hydrogen-bond acceptors (Lipinski definition) is 4. The first-order valence-electron chi connectivity index (χ1n) is 8.56. The fourth-order valence-corrected chi connectivity index (χ4v) is 4.03. The summed E-state index contributed by atoms with van der Waals surface area (Å²) in [6, 6.07) is 15.0. The number of carbonyl (C=O) groups is 1. The molecule has 132 valence electrons. The van der Waals surface area contributed by atoms with Crippen LogP contribution in [0.25, 0.3) is 10.1 Å². The van der Waals surface area contributed by atoms with Crippen LogP contribution in [0.5, 0.6) is 0 Å². The molecule has 0 spiro atoms.